The molecule has 0 bridgehead atoms. The van der Waals surface area contributed by atoms with Crippen LogP contribution in [0.25, 0.3) is 0 Å². The third-order valence-corrected chi connectivity index (χ3v) is 2.65. The fourth-order valence-electron chi connectivity index (χ4n) is 1.85. The Labute approximate surface area is 95.5 Å². The number of amides is 1. The molecule has 16 heavy (non-hydrogen) atoms. The largest absolute Gasteiger partial charge is 0.456 e. The summed E-state index contributed by atoms with van der Waals surface area (Å²) in [5.74, 6) is -0.162. The topological polar surface area (TPSA) is 59.0 Å². The molecule has 1 aliphatic heterocycles. The average Bonchev–Trinajstić information content (AvgIpc) is 2.61. The summed E-state index contributed by atoms with van der Waals surface area (Å²) in [5.41, 5.74) is 0. The van der Waals surface area contributed by atoms with Crippen LogP contribution in [0.2, 0.25) is 0 Å². The molecule has 1 heterocycles. The molecule has 5 heteroatoms. The molecule has 0 aliphatic carbocycles. The Morgan fingerprint density at radius 3 is 2.62 bits per heavy atom. The molecule has 0 aromatic rings. The van der Waals surface area contributed by atoms with E-state index in [0.29, 0.717) is 11.9 Å². The van der Waals surface area contributed by atoms with Crippen molar-refractivity contribution < 1.29 is 14.3 Å². The first-order valence-electron chi connectivity index (χ1n) is 5.49. The minimum absolute atomic E-state index is 0.269. The first-order chi connectivity index (χ1) is 7.50. The van der Waals surface area contributed by atoms with Gasteiger partial charge in [-0.2, -0.15) is 4.99 Å². The summed E-state index contributed by atoms with van der Waals surface area (Å²) in [4.78, 5) is 27.8. The van der Waals surface area contributed by atoms with Gasteiger partial charge in [-0.05, 0) is 26.7 Å². The maximum absolute atomic E-state index is 11.3. The van der Waals surface area contributed by atoms with E-state index in [1.807, 2.05) is 6.92 Å². The Morgan fingerprint density at radius 1 is 1.44 bits per heavy atom. The predicted octanol–water partition coefficient (Wildman–Crippen LogP) is 0.979. The zero-order valence-electron chi connectivity index (χ0n) is 10.0. The van der Waals surface area contributed by atoms with Crippen LogP contribution in [0.5, 0.6) is 0 Å². The number of carbonyl (C=O) groups excluding carboxylic acids is 2. The summed E-state index contributed by atoms with van der Waals surface area (Å²) in [5, 5.41) is 0. The molecule has 5 nitrogen and oxygen atoms in total. The molecule has 1 amide bonds. The summed E-state index contributed by atoms with van der Waals surface area (Å²) < 4.78 is 4.58. The fourth-order valence-corrected chi connectivity index (χ4v) is 1.85. The number of amidine groups is 1. The van der Waals surface area contributed by atoms with Crippen LogP contribution in [0.1, 0.15) is 33.6 Å². The van der Waals surface area contributed by atoms with Crippen molar-refractivity contribution in [1.29, 1.82) is 0 Å². The van der Waals surface area contributed by atoms with Gasteiger partial charge in [-0.25, -0.2) is 0 Å². The molecule has 0 aromatic heterocycles. The van der Waals surface area contributed by atoms with Crippen LogP contribution in [0.4, 0.5) is 0 Å². The monoisotopic (exact) mass is 226 g/mol. The standard InChI is InChI=1S/C11H18N2O3/c1-8-5-4-6-13(8)9(2)12-11(15)7-16-10(3)14/h8H,4-7H2,1-3H3/t8-/m1/s1. The number of carbonyl (C=O) groups is 2. The molecule has 0 N–H and O–H groups in total. The van der Waals surface area contributed by atoms with E-state index >= 15 is 0 Å². The number of rotatable bonds is 2. The second-order valence-corrected chi connectivity index (χ2v) is 4.02. The van der Waals surface area contributed by atoms with E-state index in [2.05, 4.69) is 21.6 Å². The minimum atomic E-state index is -0.462. The third-order valence-electron chi connectivity index (χ3n) is 2.65. The lowest BCUT2D eigenvalue weighted by atomic mass is 10.2. The Hall–Kier alpha value is -1.39. The molecular weight excluding hydrogens is 208 g/mol. The first-order valence-corrected chi connectivity index (χ1v) is 5.49. The number of ether oxygens (including phenoxy) is 1. The van der Waals surface area contributed by atoms with Crippen LogP contribution < -0.4 is 0 Å². The summed E-state index contributed by atoms with van der Waals surface area (Å²) in [6.07, 6.45) is 2.26. The molecule has 90 valence electrons. The minimum Gasteiger partial charge on any atom is -0.456 e. The highest BCUT2D eigenvalue weighted by Gasteiger charge is 2.21. The quantitative estimate of drug-likeness (QED) is 0.400. The number of esters is 1. The van der Waals surface area contributed by atoms with Gasteiger partial charge in [0.1, 0.15) is 5.84 Å². The lowest BCUT2D eigenvalue weighted by Crippen LogP contribution is -2.32. The van der Waals surface area contributed by atoms with Gasteiger partial charge in [-0.1, -0.05) is 0 Å². The fraction of sp³-hybridized carbons (Fsp3) is 0.727. The maximum Gasteiger partial charge on any atom is 0.303 e. The van der Waals surface area contributed by atoms with E-state index in [1.54, 1.807) is 0 Å². The summed E-state index contributed by atoms with van der Waals surface area (Å²) in [6, 6.07) is 0.435. The van der Waals surface area contributed by atoms with E-state index in [0.717, 1.165) is 19.4 Å². The molecule has 0 radical (unpaired) electrons. The molecule has 1 rings (SSSR count). The van der Waals surface area contributed by atoms with E-state index in [-0.39, 0.29) is 6.61 Å². The number of aliphatic imine (C=N–C) groups is 1. The Bertz CT molecular complexity index is 312. The normalized spacial score (nSPS) is 21.1. The summed E-state index contributed by atoms with van der Waals surface area (Å²) in [7, 11) is 0. The smallest absolute Gasteiger partial charge is 0.303 e. The Balaban J connectivity index is 2.48. The highest BCUT2D eigenvalue weighted by atomic mass is 16.5. The van der Waals surface area contributed by atoms with Gasteiger partial charge in [0.25, 0.3) is 5.91 Å². The lowest BCUT2D eigenvalue weighted by molar-refractivity contribution is -0.145. The van der Waals surface area contributed by atoms with E-state index < -0.39 is 11.9 Å². The Morgan fingerprint density at radius 2 is 2.12 bits per heavy atom. The Kier molecular flexibility index (Phi) is 4.46. The highest BCUT2D eigenvalue weighted by Crippen LogP contribution is 2.16. The van der Waals surface area contributed by atoms with Crippen LogP contribution in [-0.2, 0) is 14.3 Å². The molecule has 0 spiro atoms. The van der Waals surface area contributed by atoms with Crippen molar-refractivity contribution in [3.05, 3.63) is 0 Å². The van der Waals surface area contributed by atoms with Gasteiger partial charge < -0.3 is 9.64 Å². The maximum atomic E-state index is 11.3. The van der Waals surface area contributed by atoms with Crippen LogP contribution in [-0.4, -0.2) is 41.8 Å². The van der Waals surface area contributed by atoms with Crippen LogP contribution in [0.15, 0.2) is 4.99 Å². The first kappa shape index (κ1) is 12.7. The molecule has 1 saturated heterocycles. The van der Waals surface area contributed by atoms with Crippen molar-refractivity contribution in [1.82, 2.24) is 4.90 Å². The number of nitrogens with zero attached hydrogens (tertiary/aromatic N) is 2. The summed E-state index contributed by atoms with van der Waals surface area (Å²) >= 11 is 0. The van der Waals surface area contributed by atoms with Crippen molar-refractivity contribution in [2.45, 2.75) is 39.7 Å². The van der Waals surface area contributed by atoms with Crippen molar-refractivity contribution in [3.63, 3.8) is 0 Å². The zero-order valence-corrected chi connectivity index (χ0v) is 10.0. The molecule has 1 atom stereocenters. The van der Waals surface area contributed by atoms with Gasteiger partial charge >= 0.3 is 5.97 Å². The molecule has 0 unspecified atom stereocenters. The number of hydrogen-bond donors (Lipinski definition) is 0. The van der Waals surface area contributed by atoms with Gasteiger partial charge in [0.15, 0.2) is 6.61 Å². The van der Waals surface area contributed by atoms with E-state index in [1.165, 1.54) is 6.92 Å². The molecule has 1 aliphatic rings. The van der Waals surface area contributed by atoms with Gasteiger partial charge in [0.2, 0.25) is 0 Å². The van der Waals surface area contributed by atoms with Gasteiger partial charge in [-0.15, -0.1) is 0 Å². The zero-order chi connectivity index (χ0) is 12.1. The predicted molar refractivity (Wildman–Crippen MR) is 60.2 cm³/mol. The van der Waals surface area contributed by atoms with Crippen LogP contribution in [0, 0.1) is 0 Å². The number of likely N-dealkylation sites (tertiary alicyclic amines) is 1. The van der Waals surface area contributed by atoms with Crippen molar-refractivity contribution in [2.75, 3.05) is 13.2 Å². The molecule has 0 aromatic carbocycles. The second-order valence-electron chi connectivity index (χ2n) is 4.02. The van der Waals surface area contributed by atoms with Gasteiger partial charge in [0, 0.05) is 19.5 Å². The van der Waals surface area contributed by atoms with Crippen molar-refractivity contribution >= 4 is 17.7 Å². The third kappa shape index (κ3) is 3.64. The molecular formula is C11H18N2O3. The van der Waals surface area contributed by atoms with Gasteiger partial charge in [0.05, 0.1) is 0 Å². The van der Waals surface area contributed by atoms with Crippen molar-refractivity contribution in [3.8, 4) is 0 Å². The lowest BCUT2D eigenvalue weighted by Gasteiger charge is -2.22. The second kappa shape index (κ2) is 5.63. The van der Waals surface area contributed by atoms with Crippen LogP contribution >= 0.6 is 0 Å². The molecule has 1 fully saturated rings. The van der Waals surface area contributed by atoms with Crippen molar-refractivity contribution in [2.24, 2.45) is 4.99 Å². The molecule has 0 saturated carbocycles. The SMILES string of the molecule is CC(=O)OCC(=O)N=C(C)N1CCC[C@H]1C. The average molecular weight is 226 g/mol. The van der Waals surface area contributed by atoms with E-state index in [9.17, 15) is 9.59 Å². The van der Waals surface area contributed by atoms with Gasteiger partial charge in [-0.3, -0.25) is 9.59 Å². The highest BCUT2D eigenvalue weighted by molar-refractivity contribution is 5.94. The van der Waals surface area contributed by atoms with Crippen LogP contribution in [0.3, 0.4) is 0 Å². The number of hydrogen-bond acceptors (Lipinski definition) is 3. The van der Waals surface area contributed by atoms with E-state index in [4.69, 9.17) is 0 Å². The summed E-state index contributed by atoms with van der Waals surface area (Å²) in [6.45, 7) is 5.87.